The summed E-state index contributed by atoms with van der Waals surface area (Å²) in [6.07, 6.45) is 1.64. The van der Waals surface area contributed by atoms with Crippen LogP contribution in [0.2, 0.25) is 0 Å². The van der Waals surface area contributed by atoms with Gasteiger partial charge in [0.05, 0.1) is 5.92 Å². The van der Waals surface area contributed by atoms with Crippen LogP contribution in [0.15, 0.2) is 48.5 Å². The molecular formula is C23H27N3O3. The minimum Gasteiger partial charge on any atom is -0.484 e. The molecule has 0 radical (unpaired) electrons. The second-order valence-electron chi connectivity index (χ2n) is 7.71. The van der Waals surface area contributed by atoms with E-state index in [4.69, 9.17) is 4.74 Å². The van der Waals surface area contributed by atoms with Crippen molar-refractivity contribution in [2.45, 2.75) is 32.5 Å². The summed E-state index contributed by atoms with van der Waals surface area (Å²) in [5.74, 6) is 0.458. The molecule has 2 aliphatic rings. The van der Waals surface area contributed by atoms with Crippen LogP contribution in [-0.4, -0.2) is 36.4 Å². The van der Waals surface area contributed by atoms with Gasteiger partial charge in [-0.15, -0.1) is 0 Å². The van der Waals surface area contributed by atoms with Gasteiger partial charge in [0.2, 0.25) is 5.91 Å². The fourth-order valence-electron chi connectivity index (χ4n) is 3.96. The molecule has 6 heteroatoms. The van der Waals surface area contributed by atoms with E-state index in [2.05, 4.69) is 28.8 Å². The molecule has 29 heavy (non-hydrogen) atoms. The molecule has 1 fully saturated rings. The standard InChI is InChI=1S/C23H27N3O3/c27-22(16-29-21-6-2-1-3-7-21)26-10-4-5-19(15-26)23(28)25-12-17-8-9-18-13-24-14-20(18)11-17/h1-3,6-9,11,19,24H,4-5,10,12-16H2,(H,25,28). The molecule has 1 unspecified atom stereocenters. The van der Waals surface area contributed by atoms with Crippen molar-refractivity contribution in [3.8, 4) is 5.75 Å². The van der Waals surface area contributed by atoms with E-state index in [1.807, 2.05) is 30.3 Å². The van der Waals surface area contributed by atoms with Gasteiger partial charge in [-0.3, -0.25) is 9.59 Å². The van der Waals surface area contributed by atoms with Gasteiger partial charge >= 0.3 is 0 Å². The monoisotopic (exact) mass is 393 g/mol. The van der Waals surface area contributed by atoms with E-state index in [0.717, 1.165) is 31.5 Å². The minimum absolute atomic E-state index is 0.00150. The second-order valence-corrected chi connectivity index (χ2v) is 7.71. The third kappa shape index (κ3) is 4.95. The van der Waals surface area contributed by atoms with Gasteiger partial charge in [0.25, 0.3) is 5.91 Å². The number of ether oxygens (including phenoxy) is 1. The van der Waals surface area contributed by atoms with Crippen LogP contribution in [0.4, 0.5) is 0 Å². The number of amides is 2. The summed E-state index contributed by atoms with van der Waals surface area (Å²) in [5.41, 5.74) is 3.75. The SMILES string of the molecule is O=C(NCc1ccc2c(c1)CNC2)C1CCCN(C(=O)COc2ccccc2)C1. The van der Waals surface area contributed by atoms with Gasteiger partial charge in [-0.1, -0.05) is 36.4 Å². The lowest BCUT2D eigenvalue weighted by Crippen LogP contribution is -2.46. The van der Waals surface area contributed by atoms with Crippen molar-refractivity contribution < 1.29 is 14.3 Å². The van der Waals surface area contributed by atoms with E-state index >= 15 is 0 Å². The van der Waals surface area contributed by atoms with Crippen molar-refractivity contribution in [2.24, 2.45) is 5.92 Å². The zero-order valence-electron chi connectivity index (χ0n) is 16.5. The van der Waals surface area contributed by atoms with Crippen LogP contribution in [0.5, 0.6) is 5.75 Å². The van der Waals surface area contributed by atoms with Crippen LogP contribution in [0.3, 0.4) is 0 Å². The van der Waals surface area contributed by atoms with E-state index in [1.165, 1.54) is 11.1 Å². The van der Waals surface area contributed by atoms with Crippen molar-refractivity contribution in [1.29, 1.82) is 0 Å². The number of piperidine rings is 1. The van der Waals surface area contributed by atoms with E-state index in [9.17, 15) is 9.59 Å². The Morgan fingerprint density at radius 3 is 2.79 bits per heavy atom. The summed E-state index contributed by atoms with van der Waals surface area (Å²) in [7, 11) is 0. The smallest absolute Gasteiger partial charge is 0.260 e. The number of benzene rings is 2. The lowest BCUT2D eigenvalue weighted by atomic mass is 9.97. The molecule has 0 saturated carbocycles. The molecule has 0 aromatic heterocycles. The summed E-state index contributed by atoms with van der Waals surface area (Å²) in [6, 6.07) is 15.7. The highest BCUT2D eigenvalue weighted by molar-refractivity contribution is 5.82. The summed E-state index contributed by atoms with van der Waals surface area (Å²) in [5, 5.41) is 6.38. The molecule has 2 aliphatic heterocycles. The van der Waals surface area contributed by atoms with Crippen molar-refractivity contribution in [1.82, 2.24) is 15.5 Å². The van der Waals surface area contributed by atoms with Crippen molar-refractivity contribution in [3.05, 3.63) is 65.2 Å². The normalized spacial score (nSPS) is 18.2. The van der Waals surface area contributed by atoms with Gasteiger partial charge < -0.3 is 20.3 Å². The highest BCUT2D eigenvalue weighted by atomic mass is 16.5. The highest BCUT2D eigenvalue weighted by Gasteiger charge is 2.28. The van der Waals surface area contributed by atoms with Crippen molar-refractivity contribution >= 4 is 11.8 Å². The first kappa shape index (κ1) is 19.5. The third-order valence-corrected chi connectivity index (χ3v) is 5.62. The minimum atomic E-state index is -0.166. The largest absolute Gasteiger partial charge is 0.484 e. The lowest BCUT2D eigenvalue weighted by molar-refractivity contribution is -0.137. The van der Waals surface area contributed by atoms with E-state index in [-0.39, 0.29) is 24.3 Å². The van der Waals surface area contributed by atoms with Gasteiger partial charge in [0, 0.05) is 32.7 Å². The van der Waals surface area contributed by atoms with Gasteiger partial charge in [0.1, 0.15) is 5.75 Å². The van der Waals surface area contributed by atoms with E-state index < -0.39 is 0 Å². The first-order chi connectivity index (χ1) is 14.2. The predicted molar refractivity (Wildman–Crippen MR) is 110 cm³/mol. The molecule has 2 heterocycles. The van der Waals surface area contributed by atoms with Crippen LogP contribution in [0, 0.1) is 5.92 Å². The fraction of sp³-hybridized carbons (Fsp3) is 0.391. The summed E-state index contributed by atoms with van der Waals surface area (Å²) < 4.78 is 5.56. The van der Waals surface area contributed by atoms with Gasteiger partial charge in [-0.2, -0.15) is 0 Å². The highest BCUT2D eigenvalue weighted by Crippen LogP contribution is 2.19. The van der Waals surface area contributed by atoms with Crippen LogP contribution >= 0.6 is 0 Å². The number of fused-ring (bicyclic) bond motifs is 1. The Hall–Kier alpha value is -2.86. The number of carbonyl (C=O) groups excluding carboxylic acids is 2. The topological polar surface area (TPSA) is 70.7 Å². The van der Waals surface area contributed by atoms with Gasteiger partial charge in [0.15, 0.2) is 6.61 Å². The Labute approximate surface area is 171 Å². The number of hydrogen-bond acceptors (Lipinski definition) is 4. The first-order valence-electron chi connectivity index (χ1n) is 10.2. The zero-order valence-corrected chi connectivity index (χ0v) is 16.5. The summed E-state index contributed by atoms with van der Waals surface area (Å²) in [6.45, 7) is 3.47. The molecule has 2 N–H and O–H groups in total. The zero-order chi connectivity index (χ0) is 20.1. The molecule has 152 valence electrons. The third-order valence-electron chi connectivity index (χ3n) is 5.62. The quantitative estimate of drug-likeness (QED) is 0.790. The molecule has 0 aliphatic carbocycles. The summed E-state index contributed by atoms with van der Waals surface area (Å²) >= 11 is 0. The van der Waals surface area contributed by atoms with Crippen LogP contribution in [0.25, 0.3) is 0 Å². The average Bonchev–Trinajstić information content (AvgIpc) is 3.24. The molecule has 1 atom stereocenters. The maximum Gasteiger partial charge on any atom is 0.260 e. The lowest BCUT2D eigenvalue weighted by Gasteiger charge is -2.32. The van der Waals surface area contributed by atoms with Crippen molar-refractivity contribution in [3.63, 3.8) is 0 Å². The molecule has 6 nitrogen and oxygen atoms in total. The Balaban J connectivity index is 1.26. The van der Waals surface area contributed by atoms with Gasteiger partial charge in [-0.25, -0.2) is 0 Å². The number of carbonyl (C=O) groups is 2. The fourth-order valence-corrected chi connectivity index (χ4v) is 3.96. The molecule has 2 aromatic carbocycles. The van der Waals surface area contributed by atoms with E-state index in [0.29, 0.717) is 25.4 Å². The predicted octanol–water partition coefficient (Wildman–Crippen LogP) is 2.22. The number of nitrogens with one attached hydrogen (secondary N) is 2. The molecule has 1 saturated heterocycles. The number of rotatable bonds is 6. The first-order valence-corrected chi connectivity index (χ1v) is 10.2. The number of likely N-dealkylation sites (tertiary alicyclic amines) is 1. The number of para-hydroxylation sites is 1. The molecular weight excluding hydrogens is 366 g/mol. The summed E-state index contributed by atoms with van der Waals surface area (Å²) in [4.78, 5) is 26.9. The maximum atomic E-state index is 12.7. The van der Waals surface area contributed by atoms with Crippen LogP contribution in [0.1, 0.15) is 29.5 Å². The van der Waals surface area contributed by atoms with Crippen molar-refractivity contribution in [2.75, 3.05) is 19.7 Å². The average molecular weight is 393 g/mol. The number of hydrogen-bond donors (Lipinski definition) is 2. The Morgan fingerprint density at radius 2 is 1.93 bits per heavy atom. The molecule has 0 bridgehead atoms. The van der Waals surface area contributed by atoms with E-state index in [1.54, 1.807) is 4.90 Å². The van der Waals surface area contributed by atoms with Crippen LogP contribution in [-0.2, 0) is 29.2 Å². The second kappa shape index (κ2) is 9.09. The van der Waals surface area contributed by atoms with Gasteiger partial charge in [-0.05, 0) is 41.7 Å². The molecule has 2 aromatic rings. The Morgan fingerprint density at radius 1 is 1.10 bits per heavy atom. The molecule has 4 rings (SSSR count). The Kier molecular flexibility index (Phi) is 6.10. The maximum absolute atomic E-state index is 12.7. The molecule has 0 spiro atoms. The molecule has 2 amide bonds. The number of nitrogens with zero attached hydrogens (tertiary/aromatic N) is 1. The Bertz CT molecular complexity index is 869. The van der Waals surface area contributed by atoms with Crippen LogP contribution < -0.4 is 15.4 Å².